The number of unbranched alkanes of at least 4 members (excludes halogenated alkanes) is 17. The van der Waals surface area contributed by atoms with Gasteiger partial charge >= 0.3 is 0 Å². The standard InChI is InChI=1S/C32H64N4O3.Na/c1-3-5-7-9-11-13-15-17-19-24-30(37)34-27-22-21-23-29(32(39)35-28-26-33)36-31(38)25-20-18-16-14-12-10-8-6-4-2;/h29H,3-28,33H2,1-2H3,(H,34,37)(H,35,39)(H,36,38);. The molecule has 0 fully saturated rings. The minimum atomic E-state index is -0.541. The van der Waals surface area contributed by atoms with Crippen LogP contribution in [0, 0.1) is 0 Å². The molecule has 0 aliphatic carbocycles. The fourth-order valence-electron chi connectivity index (χ4n) is 4.84. The number of rotatable bonds is 29. The molecule has 0 rings (SSSR count). The Morgan fingerprint density at radius 1 is 0.550 bits per heavy atom. The maximum atomic E-state index is 12.5. The molecule has 5 N–H and O–H groups in total. The first-order chi connectivity index (χ1) is 19.0. The molecule has 1 unspecified atom stereocenters. The predicted octanol–water partition coefficient (Wildman–Crippen LogP) is 6.29. The monoisotopic (exact) mass is 575 g/mol. The third-order valence-electron chi connectivity index (χ3n) is 7.35. The van der Waals surface area contributed by atoms with Gasteiger partial charge in [0.15, 0.2) is 0 Å². The van der Waals surface area contributed by atoms with Gasteiger partial charge in [0.1, 0.15) is 6.04 Å². The molecular formula is C32H64N4NaO3. The summed E-state index contributed by atoms with van der Waals surface area (Å²) in [7, 11) is 0. The largest absolute Gasteiger partial charge is 0.356 e. The van der Waals surface area contributed by atoms with E-state index in [9.17, 15) is 14.4 Å². The summed E-state index contributed by atoms with van der Waals surface area (Å²) < 4.78 is 0. The Morgan fingerprint density at radius 3 is 1.48 bits per heavy atom. The summed E-state index contributed by atoms with van der Waals surface area (Å²) in [4.78, 5) is 37.1. The molecule has 8 heteroatoms. The van der Waals surface area contributed by atoms with Crippen molar-refractivity contribution < 1.29 is 14.4 Å². The first-order valence-electron chi connectivity index (χ1n) is 16.6. The molecule has 231 valence electrons. The molecule has 0 aromatic heterocycles. The van der Waals surface area contributed by atoms with Crippen LogP contribution in [-0.2, 0) is 14.4 Å². The van der Waals surface area contributed by atoms with Gasteiger partial charge in [0.25, 0.3) is 0 Å². The molecule has 1 atom stereocenters. The Kier molecular flexibility index (Phi) is 34.1. The van der Waals surface area contributed by atoms with Gasteiger partial charge in [0.2, 0.25) is 17.7 Å². The molecule has 0 aromatic carbocycles. The van der Waals surface area contributed by atoms with Crippen LogP contribution in [0.2, 0.25) is 0 Å². The van der Waals surface area contributed by atoms with Crippen molar-refractivity contribution in [3.63, 3.8) is 0 Å². The van der Waals surface area contributed by atoms with Crippen LogP contribution < -0.4 is 21.7 Å². The van der Waals surface area contributed by atoms with Crippen molar-refractivity contribution >= 4 is 47.3 Å². The maximum absolute atomic E-state index is 12.5. The molecule has 1 radical (unpaired) electrons. The van der Waals surface area contributed by atoms with Crippen LogP contribution in [0.5, 0.6) is 0 Å². The summed E-state index contributed by atoms with van der Waals surface area (Å²) >= 11 is 0. The van der Waals surface area contributed by atoms with Gasteiger partial charge in [0, 0.05) is 62.0 Å². The molecule has 40 heavy (non-hydrogen) atoms. The SMILES string of the molecule is CCCCCCCCCCCC(=O)NCCCCC(NC(=O)CCCCCCCCCCC)C(=O)NCCN.[Na]. The van der Waals surface area contributed by atoms with Crippen LogP contribution >= 0.6 is 0 Å². The van der Waals surface area contributed by atoms with E-state index in [1.165, 1.54) is 89.9 Å². The zero-order valence-electron chi connectivity index (χ0n) is 26.8. The number of carbonyl (C=O) groups excluding carboxylic acids is 3. The van der Waals surface area contributed by atoms with Gasteiger partial charge in [0.05, 0.1) is 0 Å². The van der Waals surface area contributed by atoms with E-state index in [-0.39, 0.29) is 47.3 Å². The first kappa shape index (κ1) is 41.5. The van der Waals surface area contributed by atoms with E-state index in [4.69, 9.17) is 5.73 Å². The fourth-order valence-corrected chi connectivity index (χ4v) is 4.84. The van der Waals surface area contributed by atoms with Crippen molar-refractivity contribution in [3.8, 4) is 0 Å². The zero-order valence-corrected chi connectivity index (χ0v) is 28.8. The summed E-state index contributed by atoms with van der Waals surface area (Å²) in [6.07, 6.45) is 25.3. The van der Waals surface area contributed by atoms with Crippen LogP contribution in [0.4, 0.5) is 0 Å². The van der Waals surface area contributed by atoms with Crippen molar-refractivity contribution in [2.45, 2.75) is 168 Å². The van der Waals surface area contributed by atoms with Gasteiger partial charge in [-0.15, -0.1) is 0 Å². The van der Waals surface area contributed by atoms with Crippen molar-refractivity contribution in [1.29, 1.82) is 0 Å². The smallest absolute Gasteiger partial charge is 0.242 e. The first-order valence-corrected chi connectivity index (χ1v) is 16.6. The number of hydrogen-bond donors (Lipinski definition) is 4. The van der Waals surface area contributed by atoms with E-state index in [0.29, 0.717) is 38.9 Å². The number of hydrogen-bond acceptors (Lipinski definition) is 4. The normalized spacial score (nSPS) is 11.5. The topological polar surface area (TPSA) is 113 Å². The molecule has 0 aliphatic rings. The third-order valence-corrected chi connectivity index (χ3v) is 7.35. The number of nitrogens with one attached hydrogen (secondary N) is 3. The van der Waals surface area contributed by atoms with Crippen molar-refractivity contribution in [1.82, 2.24) is 16.0 Å². The van der Waals surface area contributed by atoms with Gasteiger partial charge < -0.3 is 21.7 Å². The van der Waals surface area contributed by atoms with E-state index < -0.39 is 6.04 Å². The second-order valence-corrected chi connectivity index (χ2v) is 11.2. The van der Waals surface area contributed by atoms with Crippen molar-refractivity contribution in [2.24, 2.45) is 5.73 Å². The summed E-state index contributed by atoms with van der Waals surface area (Å²) in [5, 5.41) is 8.73. The van der Waals surface area contributed by atoms with Gasteiger partial charge in [-0.1, -0.05) is 117 Å². The molecule has 0 heterocycles. The maximum Gasteiger partial charge on any atom is 0.242 e. The van der Waals surface area contributed by atoms with Gasteiger partial charge in [-0.3, -0.25) is 14.4 Å². The molecule has 0 saturated carbocycles. The van der Waals surface area contributed by atoms with Crippen molar-refractivity contribution in [3.05, 3.63) is 0 Å². The van der Waals surface area contributed by atoms with E-state index >= 15 is 0 Å². The second kappa shape index (κ2) is 32.9. The second-order valence-electron chi connectivity index (χ2n) is 11.2. The van der Waals surface area contributed by atoms with E-state index in [0.717, 1.165) is 38.5 Å². The van der Waals surface area contributed by atoms with Gasteiger partial charge in [-0.2, -0.15) is 0 Å². The molecule has 0 aromatic rings. The van der Waals surface area contributed by atoms with Crippen LogP contribution in [-0.4, -0.2) is 73.0 Å². The van der Waals surface area contributed by atoms with Crippen molar-refractivity contribution in [2.75, 3.05) is 19.6 Å². The van der Waals surface area contributed by atoms with E-state index in [1.54, 1.807) is 0 Å². The average molecular weight is 576 g/mol. The fraction of sp³-hybridized carbons (Fsp3) is 0.906. The Morgan fingerprint density at radius 2 is 1.00 bits per heavy atom. The Labute approximate surface area is 269 Å². The van der Waals surface area contributed by atoms with Gasteiger partial charge in [-0.25, -0.2) is 0 Å². The van der Waals surface area contributed by atoms with Crippen LogP contribution in [0.1, 0.15) is 162 Å². The minimum Gasteiger partial charge on any atom is -0.356 e. The summed E-state index contributed by atoms with van der Waals surface area (Å²) in [5.74, 6) is -0.111. The Balaban J connectivity index is 0. The van der Waals surface area contributed by atoms with E-state index in [1.807, 2.05) is 0 Å². The molecule has 0 saturated heterocycles. The van der Waals surface area contributed by atoms with Crippen LogP contribution in [0.25, 0.3) is 0 Å². The predicted molar refractivity (Wildman–Crippen MR) is 170 cm³/mol. The number of amides is 3. The number of nitrogens with two attached hydrogens (primary N) is 1. The summed E-state index contributed by atoms with van der Waals surface area (Å²) in [6.45, 7) is 5.86. The summed E-state index contributed by atoms with van der Waals surface area (Å²) in [5.41, 5.74) is 5.52. The molecule has 3 amide bonds. The number of carbonyl (C=O) groups is 3. The van der Waals surface area contributed by atoms with E-state index in [2.05, 4.69) is 29.8 Å². The Bertz CT molecular complexity index is 593. The molecule has 0 bridgehead atoms. The molecule has 7 nitrogen and oxygen atoms in total. The quantitative estimate of drug-likeness (QED) is 0.0620. The van der Waals surface area contributed by atoms with Crippen LogP contribution in [0.15, 0.2) is 0 Å². The third kappa shape index (κ3) is 28.9. The Hall–Kier alpha value is -0.630. The zero-order chi connectivity index (χ0) is 28.8. The molecule has 0 spiro atoms. The molecule has 0 aliphatic heterocycles. The van der Waals surface area contributed by atoms with Crippen LogP contribution in [0.3, 0.4) is 0 Å². The minimum absolute atomic E-state index is 0. The average Bonchev–Trinajstić information content (AvgIpc) is 2.93. The van der Waals surface area contributed by atoms with Gasteiger partial charge in [-0.05, 0) is 32.1 Å². The molecular weight excluding hydrogens is 511 g/mol. The summed E-state index contributed by atoms with van der Waals surface area (Å²) in [6, 6.07) is -0.541.